The van der Waals surface area contributed by atoms with Crippen LogP contribution in [0.2, 0.25) is 0 Å². The van der Waals surface area contributed by atoms with Gasteiger partial charge in [-0.25, -0.2) is 9.59 Å². The highest BCUT2D eigenvalue weighted by atomic mass is 16.5. The Bertz CT molecular complexity index is 885. The van der Waals surface area contributed by atoms with E-state index in [1.54, 1.807) is 0 Å². The first-order valence-corrected chi connectivity index (χ1v) is 12.1. The summed E-state index contributed by atoms with van der Waals surface area (Å²) in [5.41, 5.74) is 2.36. The summed E-state index contributed by atoms with van der Waals surface area (Å²) in [7, 11) is 0. The van der Waals surface area contributed by atoms with Gasteiger partial charge in [-0.05, 0) is 49.7 Å². The van der Waals surface area contributed by atoms with Gasteiger partial charge in [0.1, 0.15) is 12.2 Å². The van der Waals surface area contributed by atoms with Crippen molar-refractivity contribution in [3.8, 4) is 0 Å². The minimum absolute atomic E-state index is 0.0544. The fourth-order valence-electron chi connectivity index (χ4n) is 4.41. The number of hydrogen-bond acceptors (Lipinski definition) is 6. The molecule has 0 bridgehead atoms. The van der Waals surface area contributed by atoms with E-state index < -0.39 is 11.9 Å². The van der Waals surface area contributed by atoms with Gasteiger partial charge in [0, 0.05) is 13.1 Å². The number of ether oxygens (including phenoxy) is 2. The summed E-state index contributed by atoms with van der Waals surface area (Å²) in [4.78, 5) is 32.6. The Morgan fingerprint density at radius 1 is 0.771 bits per heavy atom. The summed E-state index contributed by atoms with van der Waals surface area (Å²) in [5, 5.41) is 14.8. The van der Waals surface area contributed by atoms with E-state index in [9.17, 15) is 4.79 Å². The van der Waals surface area contributed by atoms with Crippen molar-refractivity contribution in [2.75, 3.05) is 19.6 Å². The number of esters is 1. The standard InChI is InChI=1S/C25H31NO3.C2H2O4/c27-24(28-22-13-7-8-14-22)19-26-17-15-23(16-18-26)29-25(20-9-3-1-4-10-20)21-11-5-2-6-12-21;3-1(4)2(5)6/h1-6,9-12,22-23,25H,7-8,13-19H2;(H,3,4)(H,5,6). The van der Waals surface area contributed by atoms with Crippen molar-refractivity contribution < 1.29 is 34.1 Å². The molecule has 2 N–H and O–H groups in total. The third kappa shape index (κ3) is 8.81. The minimum atomic E-state index is -1.82. The number of hydrogen-bond donors (Lipinski definition) is 2. The first kappa shape index (κ1) is 26.4. The zero-order valence-electron chi connectivity index (χ0n) is 19.8. The van der Waals surface area contributed by atoms with E-state index in [1.165, 1.54) is 24.0 Å². The van der Waals surface area contributed by atoms with Gasteiger partial charge in [0.25, 0.3) is 0 Å². The van der Waals surface area contributed by atoms with Gasteiger partial charge >= 0.3 is 17.9 Å². The average Bonchev–Trinajstić information content (AvgIpc) is 3.38. The van der Waals surface area contributed by atoms with Crippen LogP contribution in [-0.4, -0.2) is 64.9 Å². The number of piperidine rings is 1. The summed E-state index contributed by atoms with van der Waals surface area (Å²) in [6.07, 6.45) is 6.60. The number of carboxylic acid groups (broad SMARTS) is 2. The molecule has 1 saturated carbocycles. The highest BCUT2D eigenvalue weighted by Gasteiger charge is 2.27. The monoisotopic (exact) mass is 483 g/mol. The van der Waals surface area contributed by atoms with Crippen LogP contribution in [0.3, 0.4) is 0 Å². The molecule has 0 atom stereocenters. The smallest absolute Gasteiger partial charge is 0.414 e. The SMILES string of the molecule is O=C(CN1CCC(OC(c2ccccc2)c2ccccc2)CC1)OC1CCCC1.O=C(O)C(=O)O. The Kier molecular flexibility index (Phi) is 10.3. The Hall–Kier alpha value is -3.23. The van der Waals surface area contributed by atoms with E-state index in [1.807, 2.05) is 12.1 Å². The number of benzene rings is 2. The topological polar surface area (TPSA) is 113 Å². The third-order valence-electron chi connectivity index (χ3n) is 6.20. The maximum atomic E-state index is 12.2. The zero-order chi connectivity index (χ0) is 25.0. The van der Waals surface area contributed by atoms with Crippen molar-refractivity contribution in [2.45, 2.75) is 56.8 Å². The molecule has 0 radical (unpaired) electrons. The molecule has 0 aromatic heterocycles. The maximum Gasteiger partial charge on any atom is 0.414 e. The van der Waals surface area contributed by atoms with E-state index >= 15 is 0 Å². The molecule has 8 heteroatoms. The highest BCUT2D eigenvalue weighted by Crippen LogP contribution is 2.30. The summed E-state index contributed by atoms with van der Waals surface area (Å²) in [6, 6.07) is 20.8. The summed E-state index contributed by atoms with van der Waals surface area (Å²) in [6.45, 7) is 2.16. The lowest BCUT2D eigenvalue weighted by Gasteiger charge is -2.33. The number of carbonyl (C=O) groups excluding carboxylic acids is 1. The number of aliphatic carboxylic acids is 2. The second kappa shape index (κ2) is 13.6. The fraction of sp³-hybridized carbons (Fsp3) is 0.444. The van der Waals surface area contributed by atoms with Crippen LogP contribution >= 0.6 is 0 Å². The van der Waals surface area contributed by atoms with Crippen LogP contribution < -0.4 is 0 Å². The molecule has 1 aliphatic heterocycles. The van der Waals surface area contributed by atoms with E-state index in [2.05, 4.69) is 53.4 Å². The summed E-state index contributed by atoms with van der Waals surface area (Å²) >= 11 is 0. The van der Waals surface area contributed by atoms with Crippen LogP contribution in [0.4, 0.5) is 0 Å². The molecule has 0 unspecified atom stereocenters. The van der Waals surface area contributed by atoms with Crippen molar-refractivity contribution in [1.82, 2.24) is 4.90 Å². The van der Waals surface area contributed by atoms with Crippen molar-refractivity contribution in [2.24, 2.45) is 0 Å². The summed E-state index contributed by atoms with van der Waals surface area (Å²) in [5.74, 6) is -3.72. The van der Waals surface area contributed by atoms with Gasteiger partial charge in [0.15, 0.2) is 0 Å². The van der Waals surface area contributed by atoms with Crippen molar-refractivity contribution in [3.05, 3.63) is 71.8 Å². The average molecular weight is 484 g/mol. The Balaban J connectivity index is 0.000000509. The largest absolute Gasteiger partial charge is 0.473 e. The van der Waals surface area contributed by atoms with E-state index in [0.29, 0.717) is 6.54 Å². The quantitative estimate of drug-likeness (QED) is 0.450. The molecule has 188 valence electrons. The van der Waals surface area contributed by atoms with Gasteiger partial charge in [0.05, 0.1) is 12.6 Å². The Morgan fingerprint density at radius 2 is 1.26 bits per heavy atom. The molecule has 35 heavy (non-hydrogen) atoms. The van der Waals surface area contributed by atoms with E-state index in [4.69, 9.17) is 29.3 Å². The van der Waals surface area contributed by atoms with Gasteiger partial charge in [-0.3, -0.25) is 9.69 Å². The third-order valence-corrected chi connectivity index (χ3v) is 6.20. The second-order valence-corrected chi connectivity index (χ2v) is 8.82. The number of rotatable bonds is 7. The Morgan fingerprint density at radius 3 is 1.71 bits per heavy atom. The normalized spacial score (nSPS) is 16.9. The minimum Gasteiger partial charge on any atom is -0.473 e. The van der Waals surface area contributed by atoms with Crippen LogP contribution in [0.15, 0.2) is 60.7 Å². The van der Waals surface area contributed by atoms with Gasteiger partial charge in [-0.2, -0.15) is 0 Å². The van der Waals surface area contributed by atoms with Crippen LogP contribution in [0.1, 0.15) is 55.8 Å². The van der Waals surface area contributed by atoms with Crippen molar-refractivity contribution >= 4 is 17.9 Å². The van der Waals surface area contributed by atoms with Gasteiger partial charge in [-0.1, -0.05) is 60.7 Å². The summed E-state index contributed by atoms with van der Waals surface area (Å²) < 4.78 is 12.2. The molecule has 2 fully saturated rings. The number of likely N-dealkylation sites (tertiary alicyclic amines) is 1. The van der Waals surface area contributed by atoms with Crippen molar-refractivity contribution in [1.29, 1.82) is 0 Å². The van der Waals surface area contributed by atoms with Gasteiger partial charge in [0.2, 0.25) is 0 Å². The van der Waals surface area contributed by atoms with E-state index in [-0.39, 0.29) is 24.3 Å². The van der Waals surface area contributed by atoms with Gasteiger partial charge in [-0.15, -0.1) is 0 Å². The van der Waals surface area contributed by atoms with E-state index in [0.717, 1.165) is 38.8 Å². The lowest BCUT2D eigenvalue weighted by molar-refractivity contribution is -0.159. The zero-order valence-corrected chi connectivity index (χ0v) is 19.8. The van der Waals surface area contributed by atoms with Crippen LogP contribution in [-0.2, 0) is 23.9 Å². The molecule has 1 saturated heterocycles. The predicted octanol–water partition coefficient (Wildman–Crippen LogP) is 3.90. The molecule has 1 aliphatic carbocycles. The molecule has 2 aromatic carbocycles. The maximum absolute atomic E-state index is 12.2. The molecule has 8 nitrogen and oxygen atoms in total. The number of carbonyl (C=O) groups is 3. The highest BCUT2D eigenvalue weighted by molar-refractivity contribution is 6.27. The fourth-order valence-corrected chi connectivity index (χ4v) is 4.41. The first-order chi connectivity index (χ1) is 16.9. The molecule has 2 aromatic rings. The molecular formula is C27H33NO7. The van der Waals surface area contributed by atoms with Crippen LogP contribution in [0.5, 0.6) is 0 Å². The molecule has 1 heterocycles. The molecule has 4 rings (SSSR count). The number of carboxylic acids is 2. The van der Waals surface area contributed by atoms with Gasteiger partial charge < -0.3 is 19.7 Å². The second-order valence-electron chi connectivity index (χ2n) is 8.82. The van der Waals surface area contributed by atoms with Crippen molar-refractivity contribution in [3.63, 3.8) is 0 Å². The molecule has 2 aliphatic rings. The molecule has 0 spiro atoms. The number of nitrogens with zero attached hydrogens (tertiary/aromatic N) is 1. The van der Waals surface area contributed by atoms with Crippen LogP contribution in [0, 0.1) is 0 Å². The van der Waals surface area contributed by atoms with Crippen LogP contribution in [0.25, 0.3) is 0 Å². The first-order valence-electron chi connectivity index (χ1n) is 12.1. The lowest BCUT2D eigenvalue weighted by atomic mass is 10.00. The molecule has 0 amide bonds. The lowest BCUT2D eigenvalue weighted by Crippen LogP contribution is -2.41. The molecular weight excluding hydrogens is 450 g/mol. The Labute approximate surface area is 205 Å². The predicted molar refractivity (Wildman–Crippen MR) is 129 cm³/mol.